The molecule has 4 heteroatoms. The number of nitrogens with one attached hydrogen (secondary N) is 2. The third-order valence-corrected chi connectivity index (χ3v) is 1.11. The Morgan fingerprint density at radius 3 is 2.67 bits per heavy atom. The Morgan fingerprint density at radius 1 is 1.56 bits per heavy atom. The molecule has 3 amide bonds. The third kappa shape index (κ3) is 1.19. The van der Waals surface area contributed by atoms with Crippen LogP contribution in [0.4, 0.5) is 4.79 Å². The van der Waals surface area contributed by atoms with Crippen molar-refractivity contribution < 1.29 is 9.59 Å². The summed E-state index contributed by atoms with van der Waals surface area (Å²) >= 11 is 0. The molecule has 1 rings (SSSR count). The molecule has 0 aliphatic carbocycles. The van der Waals surface area contributed by atoms with Gasteiger partial charge in [-0.3, -0.25) is 10.1 Å². The highest BCUT2D eigenvalue weighted by Gasteiger charge is 2.21. The maximum atomic E-state index is 10.6. The summed E-state index contributed by atoms with van der Waals surface area (Å²) in [6.07, 6.45) is 0. The van der Waals surface area contributed by atoms with Gasteiger partial charge in [-0.2, -0.15) is 0 Å². The Balaban J connectivity index is 2.54. The smallest absolute Gasteiger partial charge is 0.321 e. The summed E-state index contributed by atoms with van der Waals surface area (Å²) in [6.45, 7) is 3.16. The fraction of sp³-hybridized carbons (Fsp3) is 0.400. The van der Waals surface area contributed by atoms with E-state index in [1.165, 1.54) is 6.54 Å². The second-order valence-corrected chi connectivity index (χ2v) is 1.92. The molecule has 1 aliphatic heterocycles. The van der Waals surface area contributed by atoms with Crippen LogP contribution < -0.4 is 10.6 Å². The molecule has 0 aromatic heterocycles. The van der Waals surface area contributed by atoms with E-state index in [1.54, 1.807) is 6.92 Å². The highest BCUT2D eigenvalue weighted by Crippen LogP contribution is 2.00. The number of hydrogen-bond acceptors (Lipinski definition) is 2. The van der Waals surface area contributed by atoms with Crippen LogP contribution in [-0.4, -0.2) is 11.9 Å². The van der Waals surface area contributed by atoms with E-state index >= 15 is 0 Å². The minimum absolute atomic E-state index is 0.220. The number of hydrogen-bond donors (Lipinski definition) is 2. The van der Waals surface area contributed by atoms with Crippen LogP contribution in [-0.2, 0) is 4.79 Å². The molecule has 1 aliphatic rings. The highest BCUT2D eigenvalue weighted by atomic mass is 16.2. The molecule has 0 saturated carbocycles. The number of urea groups is 1. The lowest BCUT2D eigenvalue weighted by Crippen LogP contribution is -2.48. The van der Waals surface area contributed by atoms with Gasteiger partial charge >= 0.3 is 6.03 Å². The van der Waals surface area contributed by atoms with Crippen LogP contribution in [0.15, 0.2) is 0 Å². The Labute approximate surface area is 52.6 Å². The predicted octanol–water partition coefficient (Wildman–Crippen LogP) is -0.376. The first-order valence-corrected chi connectivity index (χ1v) is 2.65. The van der Waals surface area contributed by atoms with Crippen LogP contribution in [0.25, 0.3) is 0 Å². The standard InChI is InChI=1S/C5H7N2O2/c1-3-2-6-5(9)7-4(3)8/h2-3H,1H3,(H2,6,7,8,9). The normalized spacial score (nSPS) is 27.0. The lowest BCUT2D eigenvalue weighted by Gasteiger charge is -2.16. The van der Waals surface area contributed by atoms with E-state index in [9.17, 15) is 9.59 Å². The summed E-state index contributed by atoms with van der Waals surface area (Å²) in [5.41, 5.74) is 0. The second kappa shape index (κ2) is 2.05. The van der Waals surface area contributed by atoms with Gasteiger partial charge in [0.1, 0.15) is 0 Å². The van der Waals surface area contributed by atoms with Crippen LogP contribution in [0.2, 0.25) is 0 Å². The Kier molecular flexibility index (Phi) is 1.38. The van der Waals surface area contributed by atoms with Gasteiger partial charge in [0.2, 0.25) is 5.91 Å². The minimum Gasteiger partial charge on any atom is -0.332 e. The topological polar surface area (TPSA) is 58.2 Å². The van der Waals surface area contributed by atoms with Crippen molar-refractivity contribution in [2.24, 2.45) is 5.92 Å². The monoisotopic (exact) mass is 127 g/mol. The van der Waals surface area contributed by atoms with Crippen molar-refractivity contribution in [3.05, 3.63) is 6.54 Å². The van der Waals surface area contributed by atoms with Gasteiger partial charge < -0.3 is 5.32 Å². The van der Waals surface area contributed by atoms with Crippen LogP contribution >= 0.6 is 0 Å². The number of carbonyl (C=O) groups excluding carboxylic acids is 2. The summed E-state index contributed by atoms with van der Waals surface area (Å²) in [5, 5.41) is 4.48. The molecule has 1 unspecified atom stereocenters. The molecule has 4 nitrogen and oxygen atoms in total. The molecular weight excluding hydrogens is 120 g/mol. The average molecular weight is 127 g/mol. The van der Waals surface area contributed by atoms with E-state index in [2.05, 4.69) is 10.6 Å². The first kappa shape index (κ1) is 6.07. The Hall–Kier alpha value is -1.06. The molecule has 1 radical (unpaired) electrons. The summed E-state index contributed by atoms with van der Waals surface area (Å²) in [7, 11) is 0. The predicted molar refractivity (Wildman–Crippen MR) is 30.1 cm³/mol. The number of carbonyl (C=O) groups is 2. The molecule has 1 fully saturated rings. The minimum atomic E-state index is -0.446. The molecule has 0 aromatic carbocycles. The molecule has 49 valence electrons. The number of rotatable bonds is 0. The first-order valence-electron chi connectivity index (χ1n) is 2.65. The first-order chi connectivity index (χ1) is 4.20. The van der Waals surface area contributed by atoms with E-state index in [0.29, 0.717) is 0 Å². The lowest BCUT2D eigenvalue weighted by molar-refractivity contribution is -0.123. The van der Waals surface area contributed by atoms with Crippen molar-refractivity contribution in [1.82, 2.24) is 10.6 Å². The lowest BCUT2D eigenvalue weighted by atomic mass is 10.1. The summed E-state index contributed by atoms with van der Waals surface area (Å²) < 4.78 is 0. The van der Waals surface area contributed by atoms with E-state index in [4.69, 9.17) is 0 Å². The van der Waals surface area contributed by atoms with Crippen molar-refractivity contribution in [2.45, 2.75) is 6.92 Å². The van der Waals surface area contributed by atoms with Gasteiger partial charge in [0, 0.05) is 0 Å². The van der Waals surface area contributed by atoms with Crippen molar-refractivity contribution in [3.8, 4) is 0 Å². The van der Waals surface area contributed by atoms with E-state index in [1.807, 2.05) is 0 Å². The third-order valence-electron chi connectivity index (χ3n) is 1.11. The SMILES string of the molecule is CC1[CH]NC(=O)NC1=O. The zero-order valence-corrected chi connectivity index (χ0v) is 4.97. The molecule has 1 saturated heterocycles. The van der Waals surface area contributed by atoms with Gasteiger partial charge in [-0.05, 0) is 0 Å². The maximum absolute atomic E-state index is 10.6. The van der Waals surface area contributed by atoms with Gasteiger partial charge in [0.15, 0.2) is 0 Å². The molecule has 1 atom stereocenters. The Morgan fingerprint density at radius 2 is 2.22 bits per heavy atom. The zero-order valence-electron chi connectivity index (χ0n) is 4.97. The fourth-order valence-electron chi connectivity index (χ4n) is 0.538. The fourth-order valence-corrected chi connectivity index (χ4v) is 0.538. The van der Waals surface area contributed by atoms with Crippen molar-refractivity contribution in [1.29, 1.82) is 0 Å². The van der Waals surface area contributed by atoms with Gasteiger partial charge in [0.25, 0.3) is 0 Å². The number of imide groups is 1. The van der Waals surface area contributed by atoms with Crippen LogP contribution in [0, 0.1) is 12.5 Å². The molecule has 0 bridgehead atoms. The maximum Gasteiger partial charge on any atom is 0.321 e. The molecule has 0 aromatic rings. The summed E-state index contributed by atoms with van der Waals surface area (Å²) in [4.78, 5) is 20.9. The molecule has 9 heavy (non-hydrogen) atoms. The van der Waals surface area contributed by atoms with E-state index < -0.39 is 6.03 Å². The highest BCUT2D eigenvalue weighted by molar-refractivity contribution is 5.98. The molecule has 1 heterocycles. The van der Waals surface area contributed by atoms with Crippen molar-refractivity contribution in [3.63, 3.8) is 0 Å². The summed E-state index contributed by atoms with van der Waals surface area (Å²) in [6, 6.07) is -0.446. The van der Waals surface area contributed by atoms with Crippen LogP contribution in [0.1, 0.15) is 6.92 Å². The summed E-state index contributed by atoms with van der Waals surface area (Å²) in [5.74, 6) is -0.471. The zero-order chi connectivity index (χ0) is 6.85. The van der Waals surface area contributed by atoms with E-state index in [0.717, 1.165) is 0 Å². The van der Waals surface area contributed by atoms with Crippen molar-refractivity contribution in [2.75, 3.05) is 0 Å². The largest absolute Gasteiger partial charge is 0.332 e. The average Bonchev–Trinajstić information content (AvgIpc) is 1.80. The quantitative estimate of drug-likeness (QED) is 0.466. The molecular formula is C5H7N2O2. The van der Waals surface area contributed by atoms with E-state index in [-0.39, 0.29) is 11.8 Å². The van der Waals surface area contributed by atoms with Crippen LogP contribution in [0.5, 0.6) is 0 Å². The second-order valence-electron chi connectivity index (χ2n) is 1.92. The Bertz CT molecular complexity index is 155. The van der Waals surface area contributed by atoms with Gasteiger partial charge in [-0.1, -0.05) is 6.92 Å². The van der Waals surface area contributed by atoms with Gasteiger partial charge in [-0.25, -0.2) is 4.79 Å². The number of amides is 3. The van der Waals surface area contributed by atoms with Crippen molar-refractivity contribution >= 4 is 11.9 Å². The van der Waals surface area contributed by atoms with Crippen LogP contribution in [0.3, 0.4) is 0 Å². The van der Waals surface area contributed by atoms with Gasteiger partial charge in [-0.15, -0.1) is 0 Å². The van der Waals surface area contributed by atoms with Gasteiger partial charge in [0.05, 0.1) is 12.5 Å². The molecule has 2 N–H and O–H groups in total. The molecule has 0 spiro atoms.